The number of amides is 1. The second kappa shape index (κ2) is 8.57. The van der Waals surface area contributed by atoms with Gasteiger partial charge < -0.3 is 5.32 Å². The van der Waals surface area contributed by atoms with Gasteiger partial charge in [0.05, 0.1) is 10.6 Å². The lowest BCUT2D eigenvalue weighted by atomic mass is 10.1. The van der Waals surface area contributed by atoms with E-state index in [1.165, 1.54) is 4.31 Å². The van der Waals surface area contributed by atoms with E-state index in [0.717, 1.165) is 11.1 Å². The Hall–Kier alpha value is -2.34. The first-order chi connectivity index (χ1) is 12.6. The summed E-state index contributed by atoms with van der Waals surface area (Å²) in [4.78, 5) is 12.7. The van der Waals surface area contributed by atoms with Gasteiger partial charge in [0.25, 0.3) is 10.0 Å². The molecule has 0 saturated heterocycles. The van der Waals surface area contributed by atoms with Gasteiger partial charge in [-0.3, -0.25) is 9.10 Å². The van der Waals surface area contributed by atoms with Crippen LogP contribution in [0.5, 0.6) is 0 Å². The standard InChI is InChI=1S/C21H28N2O3S/c1-15(2)18(5)22-21(24)14-23(19-10-6-16(3)7-11-19)27(25,26)20-12-8-17(4)9-13-20/h6-13,15,18H,14H2,1-5H3,(H,22,24). The highest BCUT2D eigenvalue weighted by Crippen LogP contribution is 2.24. The van der Waals surface area contributed by atoms with Crippen molar-refractivity contribution in [1.82, 2.24) is 5.32 Å². The molecule has 0 aliphatic carbocycles. The maximum Gasteiger partial charge on any atom is 0.264 e. The van der Waals surface area contributed by atoms with Crippen LogP contribution in [-0.4, -0.2) is 26.9 Å². The van der Waals surface area contributed by atoms with Crippen LogP contribution in [-0.2, 0) is 14.8 Å². The summed E-state index contributed by atoms with van der Waals surface area (Å²) in [5, 5.41) is 2.88. The minimum Gasteiger partial charge on any atom is -0.352 e. The number of carbonyl (C=O) groups excluding carboxylic acids is 1. The summed E-state index contributed by atoms with van der Waals surface area (Å²) in [6, 6.07) is 13.7. The molecule has 0 saturated carbocycles. The summed E-state index contributed by atoms with van der Waals surface area (Å²) in [6.07, 6.45) is 0. The van der Waals surface area contributed by atoms with Crippen LogP contribution in [0.2, 0.25) is 0 Å². The number of nitrogens with zero attached hydrogens (tertiary/aromatic N) is 1. The molecule has 0 bridgehead atoms. The van der Waals surface area contributed by atoms with Crippen LogP contribution >= 0.6 is 0 Å². The van der Waals surface area contributed by atoms with E-state index in [2.05, 4.69) is 5.32 Å². The van der Waals surface area contributed by atoms with Crippen molar-refractivity contribution in [2.24, 2.45) is 5.92 Å². The van der Waals surface area contributed by atoms with Gasteiger partial charge in [0.15, 0.2) is 0 Å². The van der Waals surface area contributed by atoms with Crippen LogP contribution in [0, 0.1) is 19.8 Å². The molecule has 6 heteroatoms. The summed E-state index contributed by atoms with van der Waals surface area (Å²) in [7, 11) is -3.86. The zero-order valence-corrected chi connectivity index (χ0v) is 17.4. The zero-order valence-electron chi connectivity index (χ0n) is 16.6. The third-order valence-electron chi connectivity index (χ3n) is 4.61. The third kappa shape index (κ3) is 5.32. The smallest absolute Gasteiger partial charge is 0.264 e. The van der Waals surface area contributed by atoms with Crippen LogP contribution in [0.15, 0.2) is 53.4 Å². The monoisotopic (exact) mass is 388 g/mol. The highest BCUT2D eigenvalue weighted by atomic mass is 32.2. The fourth-order valence-electron chi connectivity index (χ4n) is 2.46. The minimum absolute atomic E-state index is 0.0422. The molecule has 146 valence electrons. The zero-order chi connectivity index (χ0) is 20.2. The Balaban J connectivity index is 2.39. The predicted octanol–water partition coefficient (Wildman–Crippen LogP) is 3.66. The fraction of sp³-hybridized carbons (Fsp3) is 0.381. The number of carbonyl (C=O) groups is 1. The first-order valence-electron chi connectivity index (χ1n) is 9.06. The van der Waals surface area contributed by atoms with E-state index in [1.807, 2.05) is 46.8 Å². The predicted molar refractivity (Wildman–Crippen MR) is 109 cm³/mol. The second-order valence-electron chi connectivity index (χ2n) is 7.26. The molecule has 0 aromatic heterocycles. The van der Waals surface area contributed by atoms with Crippen LogP contribution in [0.4, 0.5) is 5.69 Å². The Morgan fingerprint density at radius 1 is 0.926 bits per heavy atom. The Labute approximate surface area is 162 Å². The van der Waals surface area contributed by atoms with E-state index in [0.29, 0.717) is 5.69 Å². The fourth-order valence-corrected chi connectivity index (χ4v) is 3.88. The summed E-state index contributed by atoms with van der Waals surface area (Å²) in [5.41, 5.74) is 2.46. The molecule has 27 heavy (non-hydrogen) atoms. The topological polar surface area (TPSA) is 66.5 Å². The Kier molecular flexibility index (Phi) is 6.65. The van der Waals surface area contributed by atoms with Crippen molar-refractivity contribution in [3.8, 4) is 0 Å². The van der Waals surface area contributed by atoms with Gasteiger partial charge in [-0.25, -0.2) is 8.42 Å². The maximum atomic E-state index is 13.2. The third-order valence-corrected chi connectivity index (χ3v) is 6.39. The summed E-state index contributed by atoms with van der Waals surface area (Å²) in [5.74, 6) is -0.0667. The molecule has 5 nitrogen and oxygen atoms in total. The lowest BCUT2D eigenvalue weighted by Crippen LogP contribution is -2.45. The minimum atomic E-state index is -3.86. The number of aryl methyl sites for hydroxylation is 2. The van der Waals surface area contributed by atoms with Crippen molar-refractivity contribution >= 4 is 21.6 Å². The van der Waals surface area contributed by atoms with Crippen LogP contribution < -0.4 is 9.62 Å². The van der Waals surface area contributed by atoms with Crippen LogP contribution in [0.25, 0.3) is 0 Å². The number of nitrogens with one attached hydrogen (secondary N) is 1. The van der Waals surface area contributed by atoms with Gasteiger partial charge >= 0.3 is 0 Å². The van der Waals surface area contributed by atoms with Crippen molar-refractivity contribution in [2.75, 3.05) is 10.8 Å². The molecule has 0 spiro atoms. The maximum absolute atomic E-state index is 13.2. The molecule has 2 aromatic rings. The average Bonchev–Trinajstić information content (AvgIpc) is 2.60. The molecule has 0 aliphatic heterocycles. The largest absolute Gasteiger partial charge is 0.352 e. The SMILES string of the molecule is Cc1ccc(N(CC(=O)NC(C)C(C)C)S(=O)(=O)c2ccc(C)cc2)cc1. The van der Waals surface area contributed by atoms with Crippen molar-refractivity contribution in [1.29, 1.82) is 0 Å². The van der Waals surface area contributed by atoms with E-state index in [-0.39, 0.29) is 29.3 Å². The molecule has 0 aliphatic rings. The van der Waals surface area contributed by atoms with Gasteiger partial charge in [-0.15, -0.1) is 0 Å². The average molecular weight is 389 g/mol. The molecule has 1 atom stereocenters. The van der Waals surface area contributed by atoms with Gasteiger partial charge in [-0.1, -0.05) is 49.2 Å². The lowest BCUT2D eigenvalue weighted by Gasteiger charge is -2.26. The molecule has 0 heterocycles. The summed E-state index contributed by atoms with van der Waals surface area (Å²) >= 11 is 0. The molecule has 1 amide bonds. The first-order valence-corrected chi connectivity index (χ1v) is 10.5. The number of benzene rings is 2. The number of anilines is 1. The van der Waals surface area contributed by atoms with Crippen LogP contribution in [0.1, 0.15) is 31.9 Å². The summed E-state index contributed by atoms with van der Waals surface area (Å²) in [6.45, 7) is 9.48. The highest BCUT2D eigenvalue weighted by molar-refractivity contribution is 7.92. The van der Waals surface area contributed by atoms with Crippen LogP contribution in [0.3, 0.4) is 0 Å². The number of rotatable bonds is 7. The quantitative estimate of drug-likeness (QED) is 0.787. The molecule has 2 aromatic carbocycles. The van der Waals surface area contributed by atoms with Crippen molar-refractivity contribution in [3.05, 3.63) is 59.7 Å². The summed E-state index contributed by atoms with van der Waals surface area (Å²) < 4.78 is 27.6. The normalized spacial score (nSPS) is 12.7. The number of hydrogen-bond acceptors (Lipinski definition) is 3. The first kappa shape index (κ1) is 21.0. The van der Waals surface area contributed by atoms with E-state index in [9.17, 15) is 13.2 Å². The van der Waals surface area contributed by atoms with Crippen molar-refractivity contribution in [2.45, 2.75) is 45.6 Å². The van der Waals surface area contributed by atoms with E-state index in [1.54, 1.807) is 36.4 Å². The van der Waals surface area contributed by atoms with Gasteiger partial charge in [-0.2, -0.15) is 0 Å². The van der Waals surface area contributed by atoms with Crippen molar-refractivity contribution in [3.63, 3.8) is 0 Å². The Morgan fingerprint density at radius 2 is 1.41 bits per heavy atom. The Morgan fingerprint density at radius 3 is 1.89 bits per heavy atom. The van der Waals surface area contributed by atoms with Gasteiger partial charge in [-0.05, 0) is 51.0 Å². The van der Waals surface area contributed by atoms with E-state index < -0.39 is 10.0 Å². The molecule has 0 fully saturated rings. The molecule has 2 rings (SSSR count). The lowest BCUT2D eigenvalue weighted by molar-refractivity contribution is -0.120. The second-order valence-corrected chi connectivity index (χ2v) is 9.12. The molecular weight excluding hydrogens is 360 g/mol. The van der Waals surface area contributed by atoms with E-state index >= 15 is 0 Å². The van der Waals surface area contributed by atoms with E-state index in [4.69, 9.17) is 0 Å². The molecule has 0 radical (unpaired) electrons. The Bertz CT molecular complexity index is 873. The number of hydrogen-bond donors (Lipinski definition) is 1. The molecule has 1 unspecified atom stereocenters. The van der Waals surface area contributed by atoms with Gasteiger partial charge in [0.2, 0.25) is 5.91 Å². The highest BCUT2D eigenvalue weighted by Gasteiger charge is 2.27. The molecular formula is C21H28N2O3S. The number of sulfonamides is 1. The van der Waals surface area contributed by atoms with Gasteiger partial charge in [0, 0.05) is 6.04 Å². The van der Waals surface area contributed by atoms with Gasteiger partial charge in [0.1, 0.15) is 6.54 Å². The van der Waals surface area contributed by atoms with Crippen molar-refractivity contribution < 1.29 is 13.2 Å². The molecule has 1 N–H and O–H groups in total.